The number of nitrogens with zero attached hydrogens (tertiary/aromatic N) is 1. The van der Waals surface area contributed by atoms with Crippen LogP contribution < -0.4 is 5.73 Å². The van der Waals surface area contributed by atoms with Crippen LogP contribution in [0.1, 0.15) is 26.2 Å². The zero-order valence-corrected chi connectivity index (χ0v) is 9.20. The molecule has 1 rings (SSSR count). The summed E-state index contributed by atoms with van der Waals surface area (Å²) in [7, 11) is 0. The first kappa shape index (κ1) is 11.6. The minimum Gasteiger partial charge on any atom is -0.399 e. The first-order valence-corrected chi connectivity index (χ1v) is 5.22. The number of likely N-dealkylation sites (tertiary alicyclic amines) is 1. The Bertz CT molecular complexity index is 316. The molecule has 0 atom stereocenters. The standard InChI is InChI=1S/C12H18N2O/c1-3-11(13)8-7-10(2)14-9-5-4-6-12(14)15/h3,7-8H,1,4-6,9,13H2,2H3/b10-7+,11-8+. The molecule has 0 saturated carbocycles. The fraction of sp³-hybridized carbons (Fsp3) is 0.417. The van der Waals surface area contributed by atoms with Gasteiger partial charge in [-0.2, -0.15) is 0 Å². The van der Waals surface area contributed by atoms with Crippen LogP contribution in [0.2, 0.25) is 0 Å². The molecule has 1 saturated heterocycles. The second kappa shape index (κ2) is 5.39. The van der Waals surface area contributed by atoms with Crippen molar-refractivity contribution in [3.63, 3.8) is 0 Å². The average Bonchev–Trinajstić information content (AvgIpc) is 2.26. The third kappa shape index (κ3) is 3.27. The molecule has 1 heterocycles. The molecule has 82 valence electrons. The van der Waals surface area contributed by atoms with Crippen LogP contribution in [0.15, 0.2) is 36.2 Å². The molecule has 0 unspecified atom stereocenters. The van der Waals surface area contributed by atoms with Crippen LogP contribution in [-0.2, 0) is 4.79 Å². The van der Waals surface area contributed by atoms with Crippen LogP contribution in [0, 0.1) is 0 Å². The van der Waals surface area contributed by atoms with E-state index in [2.05, 4.69) is 6.58 Å². The summed E-state index contributed by atoms with van der Waals surface area (Å²) in [6.07, 6.45) is 7.96. The Morgan fingerprint density at radius 1 is 1.47 bits per heavy atom. The summed E-state index contributed by atoms with van der Waals surface area (Å²) in [5, 5.41) is 0. The van der Waals surface area contributed by atoms with Crippen LogP contribution in [-0.4, -0.2) is 17.4 Å². The molecule has 1 amide bonds. The maximum absolute atomic E-state index is 11.6. The van der Waals surface area contributed by atoms with E-state index in [1.54, 1.807) is 12.2 Å². The van der Waals surface area contributed by atoms with Gasteiger partial charge in [-0.15, -0.1) is 0 Å². The number of amides is 1. The van der Waals surface area contributed by atoms with Gasteiger partial charge in [0.15, 0.2) is 0 Å². The minimum atomic E-state index is 0.209. The van der Waals surface area contributed by atoms with E-state index in [-0.39, 0.29) is 5.91 Å². The number of hydrogen-bond acceptors (Lipinski definition) is 2. The molecule has 0 aliphatic carbocycles. The molecular formula is C12H18N2O. The van der Waals surface area contributed by atoms with Crippen molar-refractivity contribution < 1.29 is 4.79 Å². The quantitative estimate of drug-likeness (QED) is 0.717. The molecular weight excluding hydrogens is 188 g/mol. The normalized spacial score (nSPS) is 19.3. The highest BCUT2D eigenvalue weighted by atomic mass is 16.2. The second-order valence-corrected chi connectivity index (χ2v) is 3.68. The third-order valence-corrected chi connectivity index (χ3v) is 2.50. The lowest BCUT2D eigenvalue weighted by atomic mass is 10.1. The van der Waals surface area contributed by atoms with E-state index in [1.807, 2.05) is 17.9 Å². The van der Waals surface area contributed by atoms with Crippen molar-refractivity contribution in [2.45, 2.75) is 26.2 Å². The molecule has 0 radical (unpaired) electrons. The van der Waals surface area contributed by atoms with Crippen molar-refractivity contribution in [3.05, 3.63) is 36.2 Å². The van der Waals surface area contributed by atoms with Crippen LogP contribution >= 0.6 is 0 Å². The predicted molar refractivity (Wildman–Crippen MR) is 61.8 cm³/mol. The summed E-state index contributed by atoms with van der Waals surface area (Å²) < 4.78 is 0. The van der Waals surface area contributed by atoms with E-state index in [0.29, 0.717) is 12.1 Å². The van der Waals surface area contributed by atoms with Crippen molar-refractivity contribution in [3.8, 4) is 0 Å². The average molecular weight is 206 g/mol. The first-order chi connectivity index (χ1) is 7.15. The Hall–Kier alpha value is -1.51. The van der Waals surface area contributed by atoms with Gasteiger partial charge in [0, 0.05) is 24.4 Å². The maximum atomic E-state index is 11.6. The summed E-state index contributed by atoms with van der Waals surface area (Å²) in [5.74, 6) is 0.209. The topological polar surface area (TPSA) is 46.3 Å². The lowest BCUT2D eigenvalue weighted by Crippen LogP contribution is -2.33. The van der Waals surface area contributed by atoms with Gasteiger partial charge >= 0.3 is 0 Å². The number of allylic oxidation sites excluding steroid dienone is 4. The molecule has 3 heteroatoms. The monoisotopic (exact) mass is 206 g/mol. The van der Waals surface area contributed by atoms with E-state index in [0.717, 1.165) is 25.1 Å². The Morgan fingerprint density at radius 2 is 2.20 bits per heavy atom. The summed E-state index contributed by atoms with van der Waals surface area (Å²) in [6, 6.07) is 0. The number of carbonyl (C=O) groups is 1. The third-order valence-electron chi connectivity index (χ3n) is 2.50. The van der Waals surface area contributed by atoms with Gasteiger partial charge in [0.05, 0.1) is 0 Å². The Balaban J connectivity index is 2.69. The zero-order valence-electron chi connectivity index (χ0n) is 9.20. The fourth-order valence-electron chi connectivity index (χ4n) is 1.55. The van der Waals surface area contributed by atoms with Crippen molar-refractivity contribution in [1.29, 1.82) is 0 Å². The molecule has 3 nitrogen and oxygen atoms in total. The first-order valence-electron chi connectivity index (χ1n) is 5.22. The van der Waals surface area contributed by atoms with Crippen molar-refractivity contribution in [2.75, 3.05) is 6.54 Å². The van der Waals surface area contributed by atoms with Gasteiger partial charge in [-0.3, -0.25) is 4.79 Å². The predicted octanol–water partition coefficient (Wildman–Crippen LogP) is 1.93. The van der Waals surface area contributed by atoms with Crippen molar-refractivity contribution in [1.82, 2.24) is 4.90 Å². The fourth-order valence-corrected chi connectivity index (χ4v) is 1.55. The van der Waals surface area contributed by atoms with Crippen LogP contribution in [0.3, 0.4) is 0 Å². The molecule has 15 heavy (non-hydrogen) atoms. The number of hydrogen-bond donors (Lipinski definition) is 1. The highest BCUT2D eigenvalue weighted by Crippen LogP contribution is 2.15. The molecule has 2 N–H and O–H groups in total. The largest absolute Gasteiger partial charge is 0.399 e. The van der Waals surface area contributed by atoms with Gasteiger partial charge in [0.25, 0.3) is 0 Å². The zero-order chi connectivity index (χ0) is 11.3. The van der Waals surface area contributed by atoms with Gasteiger partial charge in [-0.1, -0.05) is 6.58 Å². The van der Waals surface area contributed by atoms with E-state index in [9.17, 15) is 4.79 Å². The van der Waals surface area contributed by atoms with E-state index >= 15 is 0 Å². The summed E-state index contributed by atoms with van der Waals surface area (Å²) in [6.45, 7) is 6.31. The number of piperidine rings is 1. The smallest absolute Gasteiger partial charge is 0.226 e. The van der Waals surface area contributed by atoms with E-state index in [4.69, 9.17) is 5.73 Å². The van der Waals surface area contributed by atoms with Crippen molar-refractivity contribution in [2.24, 2.45) is 5.73 Å². The molecule has 1 fully saturated rings. The van der Waals surface area contributed by atoms with E-state index < -0.39 is 0 Å². The number of rotatable bonds is 3. The SMILES string of the molecule is C=C/C(N)=C\C=C(/C)N1CCCCC1=O. The van der Waals surface area contributed by atoms with E-state index in [1.165, 1.54) is 0 Å². The lowest BCUT2D eigenvalue weighted by Gasteiger charge is -2.27. The second-order valence-electron chi connectivity index (χ2n) is 3.68. The minimum absolute atomic E-state index is 0.209. The molecule has 1 aliphatic heterocycles. The molecule has 0 aromatic rings. The number of carbonyl (C=O) groups excluding carboxylic acids is 1. The van der Waals surface area contributed by atoms with Crippen molar-refractivity contribution >= 4 is 5.91 Å². The summed E-state index contributed by atoms with van der Waals surface area (Å²) >= 11 is 0. The molecule has 1 aliphatic rings. The summed E-state index contributed by atoms with van der Waals surface area (Å²) in [4.78, 5) is 13.4. The Labute approximate surface area is 90.9 Å². The lowest BCUT2D eigenvalue weighted by molar-refractivity contribution is -0.131. The number of nitrogens with two attached hydrogens (primary N) is 1. The van der Waals surface area contributed by atoms with Gasteiger partial charge in [-0.05, 0) is 38.0 Å². The maximum Gasteiger partial charge on any atom is 0.226 e. The van der Waals surface area contributed by atoms with Gasteiger partial charge < -0.3 is 10.6 Å². The molecule has 0 bridgehead atoms. The highest BCUT2D eigenvalue weighted by molar-refractivity contribution is 5.78. The summed E-state index contributed by atoms with van der Waals surface area (Å²) in [5.41, 5.74) is 7.14. The molecule has 0 aromatic carbocycles. The Morgan fingerprint density at radius 3 is 2.80 bits per heavy atom. The van der Waals surface area contributed by atoms with Gasteiger partial charge in [0.1, 0.15) is 0 Å². The molecule has 0 spiro atoms. The Kier molecular flexibility index (Phi) is 4.16. The van der Waals surface area contributed by atoms with Gasteiger partial charge in [0.2, 0.25) is 5.91 Å². The highest BCUT2D eigenvalue weighted by Gasteiger charge is 2.18. The van der Waals surface area contributed by atoms with Gasteiger partial charge in [-0.25, -0.2) is 0 Å². The van der Waals surface area contributed by atoms with Crippen LogP contribution in [0.25, 0.3) is 0 Å². The molecule has 0 aromatic heterocycles. The van der Waals surface area contributed by atoms with Crippen LogP contribution in [0.5, 0.6) is 0 Å². The van der Waals surface area contributed by atoms with Crippen LogP contribution in [0.4, 0.5) is 0 Å².